The maximum absolute atomic E-state index is 10.9. The minimum absolute atomic E-state index is 0.0900. The van der Waals surface area contributed by atoms with Crippen molar-refractivity contribution in [1.29, 1.82) is 0 Å². The smallest absolute Gasteiger partial charge is 0.335 e. The molecule has 0 unspecified atom stereocenters. The number of carboxylic acids is 1. The van der Waals surface area contributed by atoms with Crippen LogP contribution in [0.2, 0.25) is 0 Å². The summed E-state index contributed by atoms with van der Waals surface area (Å²) in [5.41, 5.74) is 3.86. The number of carboxylic acid groups (broad SMARTS) is 1. The number of hydrogen-bond acceptors (Lipinski definition) is 1. The molecule has 0 aliphatic rings. The van der Waals surface area contributed by atoms with Gasteiger partial charge in [-0.05, 0) is 48.2 Å². The maximum Gasteiger partial charge on any atom is 0.335 e. The van der Waals surface area contributed by atoms with E-state index in [2.05, 4.69) is 37.5 Å². The van der Waals surface area contributed by atoms with Crippen molar-refractivity contribution in [1.82, 2.24) is 0 Å². The lowest BCUT2D eigenvalue weighted by atomic mass is 10.0. The fourth-order valence-corrected chi connectivity index (χ4v) is 2.16. The van der Waals surface area contributed by atoms with E-state index in [-0.39, 0.29) is 5.57 Å². The maximum atomic E-state index is 10.9. The number of carbonyl (C=O) groups is 1. The lowest BCUT2D eigenvalue weighted by molar-refractivity contribution is -0.130. The van der Waals surface area contributed by atoms with Crippen LogP contribution in [-0.2, 0) is 11.2 Å². The van der Waals surface area contributed by atoms with Gasteiger partial charge >= 0.3 is 5.97 Å². The Hall–Kier alpha value is -2.79. The van der Waals surface area contributed by atoms with Crippen molar-refractivity contribution in [2.75, 3.05) is 0 Å². The molecule has 0 atom stereocenters. The summed E-state index contributed by atoms with van der Waals surface area (Å²) in [5, 5.41) is 8.91. The predicted octanol–water partition coefficient (Wildman–Crippen LogP) is 4.53. The van der Waals surface area contributed by atoms with Gasteiger partial charge in [0.05, 0.1) is 5.57 Å². The van der Waals surface area contributed by atoms with Gasteiger partial charge in [0.1, 0.15) is 0 Å². The summed E-state index contributed by atoms with van der Waals surface area (Å²) in [7, 11) is 0. The third-order valence-corrected chi connectivity index (χ3v) is 3.62. The first-order valence-electron chi connectivity index (χ1n) is 7.73. The predicted molar refractivity (Wildman–Crippen MR) is 94.1 cm³/mol. The Bertz CT molecular complexity index is 741. The number of hydrogen-bond donors (Lipinski definition) is 1. The Morgan fingerprint density at radius 2 is 1.52 bits per heavy atom. The first-order chi connectivity index (χ1) is 11.1. The van der Waals surface area contributed by atoms with Crippen molar-refractivity contribution in [3.05, 3.63) is 77.4 Å². The van der Waals surface area contributed by atoms with E-state index in [0.29, 0.717) is 5.56 Å². The van der Waals surface area contributed by atoms with Crippen LogP contribution in [0.15, 0.2) is 55.1 Å². The molecule has 0 aliphatic carbocycles. The highest BCUT2D eigenvalue weighted by Crippen LogP contribution is 2.13. The van der Waals surface area contributed by atoms with Crippen molar-refractivity contribution >= 4 is 11.5 Å². The topological polar surface area (TPSA) is 37.3 Å². The Morgan fingerprint density at radius 3 is 2.00 bits per heavy atom. The zero-order chi connectivity index (χ0) is 16.7. The van der Waals surface area contributed by atoms with Gasteiger partial charge in [-0.15, -0.1) is 0 Å². The minimum atomic E-state index is -1.01. The Labute approximate surface area is 137 Å². The molecule has 0 aromatic heterocycles. The van der Waals surface area contributed by atoms with E-state index in [4.69, 9.17) is 5.11 Å². The van der Waals surface area contributed by atoms with Gasteiger partial charge in [-0.2, -0.15) is 0 Å². The molecule has 2 aromatic rings. The van der Waals surface area contributed by atoms with Gasteiger partial charge in [0.15, 0.2) is 0 Å². The first kappa shape index (κ1) is 16.6. The Balaban J connectivity index is 2.06. The van der Waals surface area contributed by atoms with Gasteiger partial charge in [-0.1, -0.05) is 56.0 Å². The zero-order valence-electron chi connectivity index (χ0n) is 13.3. The summed E-state index contributed by atoms with van der Waals surface area (Å²) < 4.78 is 0. The second kappa shape index (κ2) is 8.00. The summed E-state index contributed by atoms with van der Waals surface area (Å²) in [6.45, 7) is 5.73. The molecule has 2 rings (SSSR count). The van der Waals surface area contributed by atoms with Crippen molar-refractivity contribution in [2.45, 2.75) is 26.2 Å². The van der Waals surface area contributed by atoms with E-state index in [0.717, 1.165) is 17.5 Å². The highest BCUT2D eigenvalue weighted by molar-refractivity contribution is 6.14. The molecule has 2 aromatic carbocycles. The third-order valence-electron chi connectivity index (χ3n) is 3.62. The molecule has 23 heavy (non-hydrogen) atoms. The summed E-state index contributed by atoms with van der Waals surface area (Å²) >= 11 is 0. The summed E-state index contributed by atoms with van der Waals surface area (Å²) in [5.74, 6) is 5.21. The van der Waals surface area contributed by atoms with Gasteiger partial charge in [0.2, 0.25) is 0 Å². The molecule has 0 spiro atoms. The van der Waals surface area contributed by atoms with Crippen LogP contribution >= 0.6 is 0 Å². The molecule has 116 valence electrons. The van der Waals surface area contributed by atoms with Crippen LogP contribution in [0, 0.1) is 11.8 Å². The molecule has 0 fully saturated rings. The molecule has 0 saturated carbocycles. The molecule has 2 heteroatoms. The molecule has 1 N–H and O–H groups in total. The largest absolute Gasteiger partial charge is 0.478 e. The zero-order valence-corrected chi connectivity index (χ0v) is 13.3. The number of unbranched alkanes of at least 4 members (excludes halogenated alkanes) is 1. The average Bonchev–Trinajstić information content (AvgIpc) is 2.58. The summed E-state index contributed by atoms with van der Waals surface area (Å²) in [6, 6.07) is 15.4. The van der Waals surface area contributed by atoms with Crippen molar-refractivity contribution in [2.24, 2.45) is 0 Å². The van der Waals surface area contributed by atoms with E-state index in [9.17, 15) is 4.79 Å². The van der Waals surface area contributed by atoms with Crippen molar-refractivity contribution < 1.29 is 9.90 Å². The molecule has 0 heterocycles. The van der Waals surface area contributed by atoms with Crippen LogP contribution in [0.1, 0.15) is 42.0 Å². The highest BCUT2D eigenvalue weighted by Gasteiger charge is 2.05. The highest BCUT2D eigenvalue weighted by atomic mass is 16.4. The number of aliphatic carboxylic acids is 1. The Kier molecular flexibility index (Phi) is 5.77. The van der Waals surface area contributed by atoms with Crippen molar-refractivity contribution in [3.8, 4) is 11.8 Å². The van der Waals surface area contributed by atoms with Gasteiger partial charge < -0.3 is 5.11 Å². The fraction of sp³-hybridized carbons (Fsp3) is 0.190. The second-order valence-electron chi connectivity index (χ2n) is 5.41. The second-order valence-corrected chi connectivity index (χ2v) is 5.41. The minimum Gasteiger partial charge on any atom is -0.478 e. The molecular formula is C21H20O2. The lowest BCUT2D eigenvalue weighted by Crippen LogP contribution is -1.97. The molecule has 0 bridgehead atoms. The van der Waals surface area contributed by atoms with Crippen LogP contribution in [0.4, 0.5) is 0 Å². The van der Waals surface area contributed by atoms with Gasteiger partial charge in [0.25, 0.3) is 0 Å². The van der Waals surface area contributed by atoms with E-state index >= 15 is 0 Å². The normalized spacial score (nSPS) is 9.78. The van der Waals surface area contributed by atoms with Crippen LogP contribution in [0.3, 0.4) is 0 Å². The van der Waals surface area contributed by atoms with Crippen LogP contribution in [-0.4, -0.2) is 11.1 Å². The van der Waals surface area contributed by atoms with Crippen molar-refractivity contribution in [3.63, 3.8) is 0 Å². The average molecular weight is 304 g/mol. The van der Waals surface area contributed by atoms with Gasteiger partial charge in [-0.25, -0.2) is 4.79 Å². The Morgan fingerprint density at radius 1 is 1.00 bits per heavy atom. The standard InChI is InChI=1S/C21H20O2/c1-3-4-5-17-6-8-18(9-7-17)10-11-19-12-14-20(15-13-19)16(2)21(22)23/h6-9,12-15H,2-5H2,1H3,(H,22,23). The number of aryl methyl sites for hydroxylation is 1. The summed E-state index contributed by atoms with van der Waals surface area (Å²) in [6.07, 6.45) is 3.52. The molecule has 0 saturated heterocycles. The lowest BCUT2D eigenvalue weighted by Gasteiger charge is -2.00. The van der Waals surface area contributed by atoms with E-state index in [1.165, 1.54) is 18.4 Å². The quantitative estimate of drug-likeness (QED) is 0.651. The van der Waals surface area contributed by atoms with Gasteiger partial charge in [-0.3, -0.25) is 0 Å². The van der Waals surface area contributed by atoms with Crippen LogP contribution < -0.4 is 0 Å². The SMILES string of the molecule is C=C(C(=O)O)c1ccc(C#Cc2ccc(CCCC)cc2)cc1. The molecule has 0 aliphatic heterocycles. The van der Waals surface area contributed by atoms with E-state index in [1.807, 2.05) is 24.3 Å². The molecular weight excluding hydrogens is 284 g/mol. The molecule has 2 nitrogen and oxygen atoms in total. The van der Waals surface area contributed by atoms with Gasteiger partial charge in [0, 0.05) is 11.1 Å². The number of rotatable bonds is 5. The number of benzene rings is 2. The van der Waals surface area contributed by atoms with E-state index < -0.39 is 5.97 Å². The third kappa shape index (κ3) is 4.86. The molecule has 0 radical (unpaired) electrons. The monoisotopic (exact) mass is 304 g/mol. The fourth-order valence-electron chi connectivity index (χ4n) is 2.16. The molecule has 0 amide bonds. The first-order valence-corrected chi connectivity index (χ1v) is 7.73. The summed E-state index contributed by atoms with van der Waals surface area (Å²) in [4.78, 5) is 10.9. The van der Waals surface area contributed by atoms with E-state index in [1.54, 1.807) is 12.1 Å². The van der Waals surface area contributed by atoms with Crippen LogP contribution in [0.25, 0.3) is 5.57 Å². The van der Waals surface area contributed by atoms with Crippen LogP contribution in [0.5, 0.6) is 0 Å².